The molecule has 4 rings (SSSR count). The van der Waals surface area contributed by atoms with E-state index in [4.69, 9.17) is 9.47 Å². The molecule has 0 saturated carbocycles. The Kier molecular flexibility index (Phi) is 12.1. The standard InChI is InChI=1S/C38H46N4O6/c1-7-27(36(45)40-22-34(44)48-38(4,5)6)35(24(2)3)39-20-25-16-18-26(19-17-25)42-33(43)21-41-37(46)47-23-32-30-14-10-8-12-28(30)29-13-9-11-15-31(29)32/h7-19,24,32,35,39H,20-23H2,1-6H3,(H,40,45)(H,41,46)(H,42,43)/b27-7-. The number of rotatable bonds is 13. The highest BCUT2D eigenvalue weighted by atomic mass is 16.6. The summed E-state index contributed by atoms with van der Waals surface area (Å²) in [6, 6.07) is 23.2. The van der Waals surface area contributed by atoms with Crippen LogP contribution >= 0.6 is 0 Å². The lowest BCUT2D eigenvalue weighted by molar-refractivity contribution is -0.154. The van der Waals surface area contributed by atoms with E-state index < -0.39 is 17.7 Å². The Bertz CT molecular complexity index is 1600. The van der Waals surface area contributed by atoms with Gasteiger partial charge in [-0.3, -0.25) is 14.4 Å². The highest BCUT2D eigenvalue weighted by Crippen LogP contribution is 2.44. The monoisotopic (exact) mass is 654 g/mol. The molecule has 1 unspecified atom stereocenters. The quantitative estimate of drug-likeness (QED) is 0.138. The highest BCUT2D eigenvalue weighted by molar-refractivity contribution is 5.96. The van der Waals surface area contributed by atoms with Gasteiger partial charge in [0.25, 0.3) is 0 Å². The van der Waals surface area contributed by atoms with Crippen molar-refractivity contribution in [2.45, 2.75) is 65.6 Å². The molecule has 254 valence electrons. The SMILES string of the molecule is C/C=C(\C(=O)NCC(=O)OC(C)(C)C)C(NCc1ccc(NC(=O)CNC(=O)OCC2c3ccccc3-c3ccccc32)cc1)C(C)C. The first-order valence-electron chi connectivity index (χ1n) is 16.2. The molecule has 0 fully saturated rings. The van der Waals surface area contributed by atoms with E-state index in [0.29, 0.717) is 17.8 Å². The van der Waals surface area contributed by atoms with Gasteiger partial charge in [0.15, 0.2) is 0 Å². The summed E-state index contributed by atoms with van der Waals surface area (Å²) >= 11 is 0. The third-order valence-corrected chi connectivity index (χ3v) is 7.89. The van der Waals surface area contributed by atoms with Gasteiger partial charge in [-0.05, 0) is 73.6 Å². The van der Waals surface area contributed by atoms with Gasteiger partial charge < -0.3 is 30.7 Å². The van der Waals surface area contributed by atoms with Crippen molar-refractivity contribution in [1.82, 2.24) is 16.0 Å². The summed E-state index contributed by atoms with van der Waals surface area (Å²) in [6.45, 7) is 11.3. The number of hydrogen-bond acceptors (Lipinski definition) is 7. The number of benzene rings is 3. The fourth-order valence-electron chi connectivity index (χ4n) is 5.73. The van der Waals surface area contributed by atoms with Gasteiger partial charge in [0.1, 0.15) is 25.3 Å². The molecule has 0 radical (unpaired) electrons. The third-order valence-electron chi connectivity index (χ3n) is 7.89. The van der Waals surface area contributed by atoms with Crippen LogP contribution in [0.15, 0.2) is 84.4 Å². The zero-order valence-corrected chi connectivity index (χ0v) is 28.5. The molecule has 0 saturated heterocycles. The van der Waals surface area contributed by atoms with Crippen molar-refractivity contribution >= 4 is 29.6 Å². The second-order valence-corrected chi connectivity index (χ2v) is 13.0. The van der Waals surface area contributed by atoms with Crippen LogP contribution in [0.1, 0.15) is 64.2 Å². The maximum Gasteiger partial charge on any atom is 0.407 e. The first-order chi connectivity index (χ1) is 22.9. The molecule has 1 atom stereocenters. The number of nitrogens with one attached hydrogen (secondary N) is 4. The van der Waals surface area contributed by atoms with Gasteiger partial charge >= 0.3 is 12.1 Å². The summed E-state index contributed by atoms with van der Waals surface area (Å²) in [5, 5.41) is 11.4. The fourth-order valence-corrected chi connectivity index (χ4v) is 5.73. The number of esters is 1. The summed E-state index contributed by atoms with van der Waals surface area (Å²) in [5.41, 5.74) is 5.94. The minimum absolute atomic E-state index is 0.0632. The molecule has 10 heteroatoms. The minimum atomic E-state index is -0.660. The summed E-state index contributed by atoms with van der Waals surface area (Å²) in [6.07, 6.45) is 1.09. The number of carbonyl (C=O) groups is 4. The molecule has 48 heavy (non-hydrogen) atoms. The second kappa shape index (κ2) is 16.2. The van der Waals surface area contributed by atoms with Crippen molar-refractivity contribution in [3.8, 4) is 11.1 Å². The average molecular weight is 655 g/mol. The Morgan fingerprint density at radius 1 is 0.833 bits per heavy atom. The number of fused-ring (bicyclic) bond motifs is 3. The third kappa shape index (κ3) is 9.78. The van der Waals surface area contributed by atoms with Gasteiger partial charge in [-0.25, -0.2) is 4.79 Å². The lowest BCUT2D eigenvalue weighted by atomic mass is 9.94. The van der Waals surface area contributed by atoms with Crippen molar-refractivity contribution in [2.24, 2.45) is 5.92 Å². The van der Waals surface area contributed by atoms with E-state index in [9.17, 15) is 19.2 Å². The van der Waals surface area contributed by atoms with Gasteiger partial charge in [-0.1, -0.05) is 80.6 Å². The molecule has 0 aliphatic heterocycles. The molecule has 4 N–H and O–H groups in total. The van der Waals surface area contributed by atoms with Crippen molar-refractivity contribution in [1.29, 1.82) is 0 Å². The lowest BCUT2D eigenvalue weighted by Gasteiger charge is -2.25. The molecule has 0 aromatic heterocycles. The van der Waals surface area contributed by atoms with Crippen molar-refractivity contribution in [3.05, 3.63) is 101 Å². The molecule has 1 aliphatic rings. The predicted molar refractivity (Wildman–Crippen MR) is 186 cm³/mol. The Morgan fingerprint density at radius 3 is 2.00 bits per heavy atom. The van der Waals surface area contributed by atoms with Crippen LogP contribution in [0.4, 0.5) is 10.5 Å². The van der Waals surface area contributed by atoms with Gasteiger partial charge in [0, 0.05) is 29.8 Å². The summed E-state index contributed by atoms with van der Waals surface area (Å²) in [7, 11) is 0. The largest absolute Gasteiger partial charge is 0.459 e. The zero-order valence-electron chi connectivity index (χ0n) is 28.5. The Hall–Kier alpha value is -4.96. The molecule has 1 aliphatic carbocycles. The van der Waals surface area contributed by atoms with Crippen molar-refractivity contribution in [2.75, 3.05) is 25.0 Å². The fraction of sp³-hybridized carbons (Fsp3) is 0.368. The molecule has 10 nitrogen and oxygen atoms in total. The van der Waals surface area contributed by atoms with E-state index in [0.717, 1.165) is 27.8 Å². The topological polar surface area (TPSA) is 135 Å². The number of amides is 3. The summed E-state index contributed by atoms with van der Waals surface area (Å²) < 4.78 is 10.8. The van der Waals surface area contributed by atoms with Crippen LogP contribution in [0.25, 0.3) is 11.1 Å². The summed E-state index contributed by atoms with van der Waals surface area (Å²) in [4.78, 5) is 50.0. The molecule has 3 aromatic carbocycles. The number of ether oxygens (including phenoxy) is 2. The normalized spacial score (nSPS) is 13.3. The maximum atomic E-state index is 12.9. The number of alkyl carbamates (subject to hydrolysis) is 1. The molecular weight excluding hydrogens is 608 g/mol. The van der Waals surface area contributed by atoms with Gasteiger partial charge in [0.2, 0.25) is 11.8 Å². The number of hydrogen-bond donors (Lipinski definition) is 4. The lowest BCUT2D eigenvalue weighted by Crippen LogP contribution is -2.43. The van der Waals surface area contributed by atoms with E-state index in [-0.39, 0.29) is 49.4 Å². The smallest absolute Gasteiger partial charge is 0.407 e. The summed E-state index contributed by atoms with van der Waals surface area (Å²) in [5.74, 6) is -1.19. The number of anilines is 1. The maximum absolute atomic E-state index is 12.9. The van der Waals surface area contributed by atoms with Crippen LogP contribution in [0, 0.1) is 5.92 Å². The molecular formula is C38H46N4O6. The van der Waals surface area contributed by atoms with Crippen LogP contribution < -0.4 is 21.3 Å². The van der Waals surface area contributed by atoms with Gasteiger partial charge in [-0.15, -0.1) is 0 Å². The van der Waals surface area contributed by atoms with Gasteiger partial charge in [-0.2, -0.15) is 0 Å². The molecule has 3 aromatic rings. The first-order valence-corrected chi connectivity index (χ1v) is 16.2. The zero-order chi connectivity index (χ0) is 34.8. The molecule has 3 amide bonds. The number of carbonyl (C=O) groups excluding carboxylic acids is 4. The Balaban J connectivity index is 1.22. The van der Waals surface area contributed by atoms with Crippen LogP contribution in [-0.4, -0.2) is 55.2 Å². The second-order valence-electron chi connectivity index (χ2n) is 13.0. The molecule has 0 bridgehead atoms. The van der Waals surface area contributed by atoms with Gasteiger partial charge in [0.05, 0.1) is 0 Å². The Morgan fingerprint density at radius 2 is 1.44 bits per heavy atom. The molecule has 0 spiro atoms. The minimum Gasteiger partial charge on any atom is -0.459 e. The van der Waals surface area contributed by atoms with Crippen molar-refractivity contribution in [3.63, 3.8) is 0 Å². The van der Waals surface area contributed by atoms with Crippen LogP contribution in [0.5, 0.6) is 0 Å². The average Bonchev–Trinajstić information content (AvgIpc) is 3.37. The van der Waals surface area contributed by atoms with E-state index >= 15 is 0 Å². The van der Waals surface area contributed by atoms with E-state index in [2.05, 4.69) is 33.4 Å². The van der Waals surface area contributed by atoms with Crippen LogP contribution in [-0.2, 0) is 30.4 Å². The van der Waals surface area contributed by atoms with Crippen LogP contribution in [0.2, 0.25) is 0 Å². The molecule has 0 heterocycles. The van der Waals surface area contributed by atoms with Crippen LogP contribution in [0.3, 0.4) is 0 Å². The van der Waals surface area contributed by atoms with Crippen molar-refractivity contribution < 1.29 is 28.7 Å². The predicted octanol–water partition coefficient (Wildman–Crippen LogP) is 5.68. The first kappa shape index (κ1) is 35.9. The van der Waals surface area contributed by atoms with E-state index in [1.54, 1.807) is 45.9 Å². The van der Waals surface area contributed by atoms with E-state index in [1.807, 2.05) is 62.4 Å². The number of allylic oxidation sites excluding steroid dienone is 1. The van der Waals surface area contributed by atoms with E-state index in [1.165, 1.54) is 0 Å². The Labute approximate surface area is 282 Å². The highest BCUT2D eigenvalue weighted by Gasteiger charge is 2.29.